The Morgan fingerprint density at radius 1 is 1.40 bits per heavy atom. The first-order chi connectivity index (χ1) is 9.38. The van der Waals surface area contributed by atoms with Gasteiger partial charge in [-0.2, -0.15) is 13.2 Å². The third-order valence-corrected chi connectivity index (χ3v) is 2.32. The van der Waals surface area contributed by atoms with Gasteiger partial charge in [-0.15, -0.1) is 10.2 Å². The zero-order valence-electron chi connectivity index (χ0n) is 10.2. The highest BCUT2D eigenvalue weighted by Gasteiger charge is 2.38. The van der Waals surface area contributed by atoms with Crippen LogP contribution in [-0.4, -0.2) is 21.1 Å². The van der Waals surface area contributed by atoms with Crippen LogP contribution in [0.5, 0.6) is 0 Å². The Hall–Kier alpha value is -2.45. The molecule has 0 bridgehead atoms. The van der Waals surface area contributed by atoms with E-state index in [1.165, 1.54) is 25.4 Å². The zero-order chi connectivity index (χ0) is 14.8. The molecule has 1 amide bonds. The molecule has 2 aromatic heterocycles. The monoisotopic (exact) mass is 286 g/mol. The molecule has 0 fully saturated rings. The lowest BCUT2D eigenvalue weighted by molar-refractivity contribution is -0.157. The van der Waals surface area contributed by atoms with Crippen LogP contribution >= 0.6 is 0 Å². The molecule has 1 N–H and O–H groups in total. The average Bonchev–Trinajstić information content (AvgIpc) is 2.89. The molecule has 20 heavy (non-hydrogen) atoms. The summed E-state index contributed by atoms with van der Waals surface area (Å²) in [4.78, 5) is 15.5. The standard InChI is InChI=1S/C11H9F3N4O2/c1-6(9-17-18-10(20-9)11(12,13)14)16-8(19)7-3-2-4-15-5-7/h2-6H,1H3,(H,16,19). The van der Waals surface area contributed by atoms with E-state index in [0.29, 0.717) is 0 Å². The van der Waals surface area contributed by atoms with Gasteiger partial charge in [0, 0.05) is 12.4 Å². The number of nitrogens with one attached hydrogen (secondary N) is 1. The van der Waals surface area contributed by atoms with Gasteiger partial charge in [0.2, 0.25) is 5.89 Å². The van der Waals surface area contributed by atoms with Crippen molar-refractivity contribution in [2.45, 2.75) is 19.1 Å². The number of halogens is 3. The van der Waals surface area contributed by atoms with Gasteiger partial charge in [0.1, 0.15) is 6.04 Å². The highest BCUT2D eigenvalue weighted by Crippen LogP contribution is 2.28. The molecule has 2 aromatic rings. The first-order valence-corrected chi connectivity index (χ1v) is 5.49. The fourth-order valence-electron chi connectivity index (χ4n) is 1.36. The molecule has 1 unspecified atom stereocenters. The van der Waals surface area contributed by atoms with E-state index in [1.807, 2.05) is 0 Å². The number of aromatic nitrogens is 3. The van der Waals surface area contributed by atoms with Crippen LogP contribution in [0.2, 0.25) is 0 Å². The van der Waals surface area contributed by atoms with Crippen LogP contribution in [0.3, 0.4) is 0 Å². The highest BCUT2D eigenvalue weighted by atomic mass is 19.4. The van der Waals surface area contributed by atoms with Crippen molar-refractivity contribution in [3.05, 3.63) is 41.9 Å². The normalized spacial score (nSPS) is 13.0. The van der Waals surface area contributed by atoms with Gasteiger partial charge in [0.15, 0.2) is 0 Å². The minimum absolute atomic E-state index is 0.273. The number of hydrogen-bond acceptors (Lipinski definition) is 5. The Morgan fingerprint density at radius 3 is 2.70 bits per heavy atom. The number of pyridine rings is 1. The van der Waals surface area contributed by atoms with Crippen LogP contribution < -0.4 is 5.32 Å². The number of hydrogen-bond donors (Lipinski definition) is 1. The number of nitrogens with zero attached hydrogens (tertiary/aromatic N) is 3. The summed E-state index contributed by atoms with van der Waals surface area (Å²) < 4.78 is 41.4. The van der Waals surface area contributed by atoms with Crippen LogP contribution in [0.4, 0.5) is 13.2 Å². The second-order valence-corrected chi connectivity index (χ2v) is 3.88. The van der Waals surface area contributed by atoms with Crippen molar-refractivity contribution >= 4 is 5.91 Å². The summed E-state index contributed by atoms with van der Waals surface area (Å²) in [7, 11) is 0. The van der Waals surface area contributed by atoms with Crippen molar-refractivity contribution in [1.82, 2.24) is 20.5 Å². The van der Waals surface area contributed by atoms with Crippen LogP contribution in [-0.2, 0) is 6.18 Å². The summed E-state index contributed by atoms with van der Waals surface area (Å²) in [5, 5.41) is 8.58. The van der Waals surface area contributed by atoms with Crippen molar-refractivity contribution in [3.63, 3.8) is 0 Å². The van der Waals surface area contributed by atoms with Crippen LogP contribution in [0.15, 0.2) is 28.9 Å². The second-order valence-electron chi connectivity index (χ2n) is 3.88. The Morgan fingerprint density at radius 2 is 2.15 bits per heavy atom. The summed E-state index contributed by atoms with van der Waals surface area (Å²) >= 11 is 0. The van der Waals surface area contributed by atoms with Crippen molar-refractivity contribution in [2.24, 2.45) is 0 Å². The number of alkyl halides is 3. The molecule has 0 saturated heterocycles. The number of carbonyl (C=O) groups is 1. The maximum absolute atomic E-state index is 12.3. The summed E-state index contributed by atoms with van der Waals surface area (Å²) in [6.45, 7) is 1.43. The fourth-order valence-corrected chi connectivity index (χ4v) is 1.36. The first-order valence-electron chi connectivity index (χ1n) is 5.49. The predicted molar refractivity (Wildman–Crippen MR) is 59.4 cm³/mol. The van der Waals surface area contributed by atoms with Crippen molar-refractivity contribution in [3.8, 4) is 0 Å². The fraction of sp³-hybridized carbons (Fsp3) is 0.273. The molecule has 0 saturated carbocycles. The molecule has 6 nitrogen and oxygen atoms in total. The lowest BCUT2D eigenvalue weighted by atomic mass is 10.2. The minimum atomic E-state index is -4.71. The average molecular weight is 286 g/mol. The maximum atomic E-state index is 12.3. The zero-order valence-corrected chi connectivity index (χ0v) is 10.2. The highest BCUT2D eigenvalue weighted by molar-refractivity contribution is 5.93. The Labute approximate surface area is 111 Å². The Kier molecular flexibility index (Phi) is 3.68. The lowest BCUT2D eigenvalue weighted by Crippen LogP contribution is -2.26. The SMILES string of the molecule is CC(NC(=O)c1cccnc1)c1nnc(C(F)(F)F)o1. The summed E-state index contributed by atoms with van der Waals surface area (Å²) in [5.41, 5.74) is 0.273. The molecule has 0 radical (unpaired) electrons. The van der Waals surface area contributed by atoms with Gasteiger partial charge >= 0.3 is 12.1 Å². The summed E-state index contributed by atoms with van der Waals surface area (Å²) in [6, 6.07) is 2.23. The third kappa shape index (κ3) is 3.11. The lowest BCUT2D eigenvalue weighted by Gasteiger charge is -2.09. The smallest absolute Gasteiger partial charge is 0.415 e. The molecule has 0 spiro atoms. The van der Waals surface area contributed by atoms with E-state index >= 15 is 0 Å². The number of amides is 1. The van der Waals surface area contributed by atoms with Gasteiger partial charge in [-0.3, -0.25) is 9.78 Å². The number of rotatable bonds is 3. The van der Waals surface area contributed by atoms with E-state index in [1.54, 1.807) is 6.07 Å². The topological polar surface area (TPSA) is 80.9 Å². The predicted octanol–water partition coefficient (Wildman–Crippen LogP) is 1.97. The van der Waals surface area contributed by atoms with E-state index in [-0.39, 0.29) is 11.5 Å². The van der Waals surface area contributed by atoms with Crippen molar-refractivity contribution < 1.29 is 22.4 Å². The number of carbonyl (C=O) groups excluding carboxylic acids is 1. The Bertz CT molecular complexity index is 597. The molecule has 106 valence electrons. The van der Waals surface area contributed by atoms with E-state index in [4.69, 9.17) is 0 Å². The molecule has 0 aliphatic rings. The van der Waals surface area contributed by atoms with Gasteiger partial charge in [-0.1, -0.05) is 0 Å². The third-order valence-electron chi connectivity index (χ3n) is 2.32. The minimum Gasteiger partial charge on any atom is -0.415 e. The second kappa shape index (κ2) is 5.27. The molecule has 0 aliphatic heterocycles. The molecule has 1 atom stereocenters. The first kappa shape index (κ1) is 14.0. The van der Waals surface area contributed by atoms with Gasteiger partial charge < -0.3 is 9.73 Å². The van der Waals surface area contributed by atoms with E-state index in [0.717, 1.165) is 0 Å². The molecule has 0 aromatic carbocycles. The van der Waals surface area contributed by atoms with Crippen molar-refractivity contribution in [1.29, 1.82) is 0 Å². The van der Waals surface area contributed by atoms with E-state index < -0.39 is 24.0 Å². The Balaban J connectivity index is 2.07. The van der Waals surface area contributed by atoms with Gasteiger partial charge in [0.25, 0.3) is 5.91 Å². The van der Waals surface area contributed by atoms with E-state index in [9.17, 15) is 18.0 Å². The summed E-state index contributed by atoms with van der Waals surface area (Å²) in [6.07, 6.45) is -1.89. The molecule has 2 heterocycles. The quantitative estimate of drug-likeness (QED) is 0.933. The maximum Gasteiger partial charge on any atom is 0.470 e. The molecule has 0 aliphatic carbocycles. The van der Waals surface area contributed by atoms with Crippen molar-refractivity contribution in [2.75, 3.05) is 0 Å². The molecular weight excluding hydrogens is 277 g/mol. The molecule has 9 heteroatoms. The van der Waals surface area contributed by atoms with Crippen LogP contribution in [0.25, 0.3) is 0 Å². The van der Waals surface area contributed by atoms with Gasteiger partial charge in [-0.25, -0.2) is 0 Å². The van der Waals surface area contributed by atoms with E-state index in [2.05, 4.69) is 24.9 Å². The molecular formula is C11H9F3N4O2. The van der Waals surface area contributed by atoms with Crippen LogP contribution in [0, 0.1) is 0 Å². The van der Waals surface area contributed by atoms with Gasteiger partial charge in [0.05, 0.1) is 5.56 Å². The van der Waals surface area contributed by atoms with Gasteiger partial charge in [-0.05, 0) is 19.1 Å². The summed E-state index contributed by atoms with van der Waals surface area (Å²) in [5.74, 6) is -2.28. The molecule has 2 rings (SSSR count). The van der Waals surface area contributed by atoms with Crippen LogP contribution in [0.1, 0.15) is 35.1 Å². The largest absolute Gasteiger partial charge is 0.470 e.